The topological polar surface area (TPSA) is 59.0 Å². The fraction of sp³-hybridized carbons (Fsp3) is 0.158. The van der Waals surface area contributed by atoms with Crippen molar-refractivity contribution in [2.24, 2.45) is 0 Å². The summed E-state index contributed by atoms with van der Waals surface area (Å²) in [6, 6.07) is 12.8. The first-order valence-electron chi connectivity index (χ1n) is 8.04. The van der Waals surface area contributed by atoms with E-state index in [2.05, 4.69) is 15.7 Å². The predicted molar refractivity (Wildman–Crippen MR) is 101 cm³/mol. The van der Waals surface area contributed by atoms with E-state index in [9.17, 15) is 9.18 Å². The maximum atomic E-state index is 13.2. The van der Waals surface area contributed by atoms with Crippen LogP contribution in [0.4, 0.5) is 20.6 Å². The van der Waals surface area contributed by atoms with Crippen LogP contribution in [0, 0.1) is 19.7 Å². The Labute approximate surface area is 155 Å². The number of amides is 2. The minimum Gasteiger partial charge on any atom is -0.308 e. The zero-order chi connectivity index (χ0) is 18.7. The number of halogens is 2. The van der Waals surface area contributed by atoms with Crippen molar-refractivity contribution in [2.75, 3.05) is 10.6 Å². The first kappa shape index (κ1) is 17.9. The molecule has 3 aromatic rings. The number of urea groups is 1. The molecule has 2 N–H and O–H groups in total. The van der Waals surface area contributed by atoms with Gasteiger partial charge in [-0.2, -0.15) is 5.10 Å². The Balaban J connectivity index is 1.74. The summed E-state index contributed by atoms with van der Waals surface area (Å²) in [6.45, 7) is 4.24. The van der Waals surface area contributed by atoms with Gasteiger partial charge in [-0.05, 0) is 49.7 Å². The highest BCUT2D eigenvalue weighted by atomic mass is 35.5. The zero-order valence-corrected chi connectivity index (χ0v) is 15.1. The van der Waals surface area contributed by atoms with Crippen LogP contribution in [0.3, 0.4) is 0 Å². The molecular formula is C19H18ClFN4O. The molecule has 0 aliphatic rings. The molecule has 0 saturated heterocycles. The highest BCUT2D eigenvalue weighted by Crippen LogP contribution is 2.21. The van der Waals surface area contributed by atoms with Gasteiger partial charge in [0.15, 0.2) is 0 Å². The van der Waals surface area contributed by atoms with E-state index in [1.54, 1.807) is 10.7 Å². The number of nitrogens with zero attached hydrogens (tertiary/aromatic N) is 2. The lowest BCUT2D eigenvalue weighted by atomic mass is 10.2. The lowest BCUT2D eigenvalue weighted by Crippen LogP contribution is -2.20. The van der Waals surface area contributed by atoms with Gasteiger partial charge in [0.05, 0.1) is 23.6 Å². The number of benzene rings is 2. The monoisotopic (exact) mass is 372 g/mol. The van der Waals surface area contributed by atoms with Gasteiger partial charge in [-0.25, -0.2) is 9.18 Å². The second kappa shape index (κ2) is 7.58. The fourth-order valence-electron chi connectivity index (χ4n) is 2.68. The quantitative estimate of drug-likeness (QED) is 0.678. The second-order valence-corrected chi connectivity index (χ2v) is 6.36. The molecule has 2 amide bonds. The number of aromatic nitrogens is 2. The number of carbonyl (C=O) groups excluding carboxylic acids is 1. The first-order valence-corrected chi connectivity index (χ1v) is 8.42. The number of carbonyl (C=O) groups is 1. The highest BCUT2D eigenvalue weighted by Gasteiger charge is 2.14. The van der Waals surface area contributed by atoms with Gasteiger partial charge >= 0.3 is 6.03 Å². The van der Waals surface area contributed by atoms with Crippen LogP contribution in [0.5, 0.6) is 0 Å². The molecule has 0 aliphatic heterocycles. The van der Waals surface area contributed by atoms with E-state index in [0.717, 1.165) is 11.3 Å². The normalized spacial score (nSPS) is 10.6. The summed E-state index contributed by atoms with van der Waals surface area (Å²) in [5.74, 6) is -0.412. The second-order valence-electron chi connectivity index (χ2n) is 5.92. The Morgan fingerprint density at radius 3 is 2.65 bits per heavy atom. The molecule has 26 heavy (non-hydrogen) atoms. The van der Waals surface area contributed by atoms with Crippen molar-refractivity contribution < 1.29 is 9.18 Å². The smallest absolute Gasteiger partial charge is 0.308 e. The van der Waals surface area contributed by atoms with Gasteiger partial charge < -0.3 is 10.6 Å². The SMILES string of the molecule is Cc1nn(Cc2cccc(Cl)c2)c(C)c1NC(=O)Nc1cccc(F)c1. The van der Waals surface area contributed by atoms with E-state index in [0.29, 0.717) is 28.6 Å². The van der Waals surface area contributed by atoms with Crippen molar-refractivity contribution in [3.8, 4) is 0 Å². The van der Waals surface area contributed by atoms with E-state index in [-0.39, 0.29) is 0 Å². The Morgan fingerprint density at radius 2 is 1.92 bits per heavy atom. The molecule has 0 atom stereocenters. The van der Waals surface area contributed by atoms with E-state index >= 15 is 0 Å². The molecule has 2 aromatic carbocycles. The van der Waals surface area contributed by atoms with Crippen LogP contribution in [0.1, 0.15) is 17.0 Å². The summed E-state index contributed by atoms with van der Waals surface area (Å²) in [5.41, 5.74) is 3.53. The highest BCUT2D eigenvalue weighted by molar-refractivity contribution is 6.30. The Hall–Kier alpha value is -2.86. The molecule has 7 heteroatoms. The molecule has 0 unspecified atom stereocenters. The molecule has 0 aliphatic carbocycles. The van der Waals surface area contributed by atoms with Gasteiger partial charge in [0.25, 0.3) is 0 Å². The number of nitrogens with one attached hydrogen (secondary N) is 2. The van der Waals surface area contributed by atoms with Crippen molar-refractivity contribution in [1.29, 1.82) is 0 Å². The Bertz CT molecular complexity index is 954. The summed E-state index contributed by atoms with van der Waals surface area (Å²) < 4.78 is 15.0. The van der Waals surface area contributed by atoms with Crippen LogP contribution in [-0.2, 0) is 6.54 Å². The zero-order valence-electron chi connectivity index (χ0n) is 14.4. The van der Waals surface area contributed by atoms with Gasteiger partial charge in [-0.1, -0.05) is 29.8 Å². The molecule has 5 nitrogen and oxygen atoms in total. The van der Waals surface area contributed by atoms with Crippen LogP contribution >= 0.6 is 11.6 Å². The van der Waals surface area contributed by atoms with Crippen LogP contribution < -0.4 is 10.6 Å². The van der Waals surface area contributed by atoms with Crippen LogP contribution in [0.15, 0.2) is 48.5 Å². The number of hydrogen-bond donors (Lipinski definition) is 2. The van der Waals surface area contributed by atoms with E-state index in [1.807, 2.05) is 38.1 Å². The maximum absolute atomic E-state index is 13.2. The lowest BCUT2D eigenvalue weighted by Gasteiger charge is -2.09. The molecule has 0 fully saturated rings. The van der Waals surface area contributed by atoms with Gasteiger partial charge in [0, 0.05) is 10.7 Å². The van der Waals surface area contributed by atoms with Crippen molar-refractivity contribution in [2.45, 2.75) is 20.4 Å². The van der Waals surface area contributed by atoms with E-state index < -0.39 is 11.8 Å². The molecule has 134 valence electrons. The summed E-state index contributed by atoms with van der Waals surface area (Å²) in [6.07, 6.45) is 0. The van der Waals surface area contributed by atoms with E-state index in [1.165, 1.54) is 18.2 Å². The van der Waals surface area contributed by atoms with E-state index in [4.69, 9.17) is 11.6 Å². The standard InChI is InChI=1S/C19H18ClFN4O/c1-12-18(23-19(26)22-17-8-4-7-16(21)10-17)13(2)25(24-12)11-14-5-3-6-15(20)9-14/h3-10H,11H2,1-2H3,(H2,22,23,26). The van der Waals surface area contributed by atoms with Crippen LogP contribution in [0.25, 0.3) is 0 Å². The molecule has 0 radical (unpaired) electrons. The number of hydrogen-bond acceptors (Lipinski definition) is 2. The molecule has 1 heterocycles. The largest absolute Gasteiger partial charge is 0.323 e. The van der Waals surface area contributed by atoms with Crippen molar-refractivity contribution >= 4 is 29.0 Å². The summed E-state index contributed by atoms with van der Waals surface area (Å²) in [4.78, 5) is 12.2. The van der Waals surface area contributed by atoms with Gasteiger partial charge in [0.1, 0.15) is 5.82 Å². The number of anilines is 2. The minimum absolute atomic E-state index is 0.379. The fourth-order valence-corrected chi connectivity index (χ4v) is 2.90. The summed E-state index contributed by atoms with van der Waals surface area (Å²) in [5, 5.41) is 10.5. The molecule has 0 saturated carbocycles. The first-order chi connectivity index (χ1) is 12.4. The van der Waals surface area contributed by atoms with Crippen molar-refractivity contribution in [3.05, 3.63) is 76.3 Å². The summed E-state index contributed by atoms with van der Waals surface area (Å²) >= 11 is 6.02. The van der Waals surface area contributed by atoms with Crippen LogP contribution in [0.2, 0.25) is 5.02 Å². The average molecular weight is 373 g/mol. The van der Waals surface area contributed by atoms with Gasteiger partial charge in [-0.15, -0.1) is 0 Å². The van der Waals surface area contributed by atoms with Gasteiger partial charge in [0.2, 0.25) is 0 Å². The lowest BCUT2D eigenvalue weighted by molar-refractivity contribution is 0.262. The molecule has 0 spiro atoms. The predicted octanol–water partition coefficient (Wildman–Crippen LogP) is 4.98. The van der Waals surface area contributed by atoms with Crippen LogP contribution in [-0.4, -0.2) is 15.8 Å². The minimum atomic E-state index is -0.455. The third-order valence-electron chi connectivity index (χ3n) is 3.92. The molecule has 1 aromatic heterocycles. The Kier molecular flexibility index (Phi) is 5.23. The number of rotatable bonds is 4. The molecular weight excluding hydrogens is 355 g/mol. The van der Waals surface area contributed by atoms with Gasteiger partial charge in [-0.3, -0.25) is 4.68 Å². The molecule has 0 bridgehead atoms. The molecule has 3 rings (SSSR count). The Morgan fingerprint density at radius 1 is 1.15 bits per heavy atom. The third kappa shape index (κ3) is 4.21. The number of aryl methyl sites for hydroxylation is 1. The van der Waals surface area contributed by atoms with Crippen molar-refractivity contribution in [3.63, 3.8) is 0 Å². The van der Waals surface area contributed by atoms with Crippen molar-refractivity contribution in [1.82, 2.24) is 9.78 Å². The third-order valence-corrected chi connectivity index (χ3v) is 4.16. The summed E-state index contributed by atoms with van der Waals surface area (Å²) in [7, 11) is 0. The maximum Gasteiger partial charge on any atom is 0.323 e. The average Bonchev–Trinajstić information content (AvgIpc) is 2.82.